The minimum absolute atomic E-state index is 0.577. The Morgan fingerprint density at radius 2 is 2.29 bits per heavy atom. The summed E-state index contributed by atoms with van der Waals surface area (Å²) in [7, 11) is 1.69. The van der Waals surface area contributed by atoms with E-state index < -0.39 is 0 Å². The smallest absolute Gasteiger partial charge is 0.225 e. The molecule has 0 atom stereocenters. The third-order valence-electron chi connectivity index (χ3n) is 2.99. The summed E-state index contributed by atoms with van der Waals surface area (Å²) in [5.41, 5.74) is 2.07. The van der Waals surface area contributed by atoms with Gasteiger partial charge in [0, 0.05) is 44.2 Å². The molecule has 0 aromatic carbocycles. The molecule has 1 aromatic heterocycles. The highest BCUT2D eigenvalue weighted by Gasteiger charge is 2.13. The van der Waals surface area contributed by atoms with Gasteiger partial charge in [0.1, 0.15) is 0 Å². The molecule has 2 rings (SSSR count). The normalized spacial score (nSPS) is 16.9. The van der Waals surface area contributed by atoms with E-state index in [1.54, 1.807) is 7.11 Å². The van der Waals surface area contributed by atoms with Crippen molar-refractivity contribution in [1.82, 2.24) is 15.3 Å². The van der Waals surface area contributed by atoms with Gasteiger partial charge in [-0.3, -0.25) is 0 Å². The quantitative estimate of drug-likeness (QED) is 0.838. The van der Waals surface area contributed by atoms with Gasteiger partial charge in [-0.25, -0.2) is 9.97 Å². The van der Waals surface area contributed by atoms with Crippen molar-refractivity contribution in [3.8, 4) is 0 Å². The number of hydrogen-bond acceptors (Lipinski definition) is 5. The van der Waals surface area contributed by atoms with Crippen molar-refractivity contribution >= 4 is 5.95 Å². The number of aryl methyl sites for hydroxylation is 1. The molecule has 1 saturated heterocycles. The fraction of sp³-hybridized carbons (Fsp3) is 0.667. The number of methoxy groups -OCH3 is 1. The lowest BCUT2D eigenvalue weighted by Crippen LogP contribution is -2.29. The minimum Gasteiger partial charge on any atom is -0.380 e. The van der Waals surface area contributed by atoms with Crippen molar-refractivity contribution in [1.29, 1.82) is 0 Å². The van der Waals surface area contributed by atoms with Crippen LogP contribution in [0.3, 0.4) is 0 Å². The number of ether oxygens (including phenoxy) is 1. The number of nitrogens with zero attached hydrogens (tertiary/aromatic N) is 3. The first-order valence-corrected chi connectivity index (χ1v) is 6.08. The van der Waals surface area contributed by atoms with E-state index in [2.05, 4.69) is 20.2 Å². The van der Waals surface area contributed by atoms with Gasteiger partial charge in [0.25, 0.3) is 0 Å². The highest BCUT2D eigenvalue weighted by Crippen LogP contribution is 2.12. The van der Waals surface area contributed by atoms with Crippen LogP contribution in [0, 0.1) is 6.92 Å². The monoisotopic (exact) mass is 236 g/mol. The lowest BCUT2D eigenvalue weighted by molar-refractivity contribution is 0.183. The molecule has 1 aliphatic rings. The molecular formula is C12H20N4O. The molecule has 5 heteroatoms. The number of rotatable bonds is 3. The van der Waals surface area contributed by atoms with Crippen molar-refractivity contribution in [2.45, 2.75) is 20.0 Å². The van der Waals surface area contributed by atoms with Crippen molar-refractivity contribution < 1.29 is 4.74 Å². The van der Waals surface area contributed by atoms with Gasteiger partial charge in [0.2, 0.25) is 5.95 Å². The molecule has 0 saturated carbocycles. The molecule has 0 spiro atoms. The van der Waals surface area contributed by atoms with E-state index in [1.807, 2.05) is 13.1 Å². The average Bonchev–Trinajstić information content (AvgIpc) is 2.60. The summed E-state index contributed by atoms with van der Waals surface area (Å²) in [5.74, 6) is 0.839. The lowest BCUT2D eigenvalue weighted by Gasteiger charge is -2.20. The van der Waals surface area contributed by atoms with Crippen LogP contribution in [0.15, 0.2) is 6.20 Å². The summed E-state index contributed by atoms with van der Waals surface area (Å²) in [5, 5.41) is 3.38. The fourth-order valence-electron chi connectivity index (χ4n) is 1.98. The molecule has 1 aromatic rings. The van der Waals surface area contributed by atoms with Crippen molar-refractivity contribution in [3.05, 3.63) is 17.5 Å². The zero-order valence-electron chi connectivity index (χ0n) is 10.6. The summed E-state index contributed by atoms with van der Waals surface area (Å²) >= 11 is 0. The second-order valence-corrected chi connectivity index (χ2v) is 4.30. The van der Waals surface area contributed by atoms with E-state index in [1.165, 1.54) is 0 Å². The predicted molar refractivity (Wildman–Crippen MR) is 67.2 cm³/mol. The Balaban J connectivity index is 2.12. The zero-order chi connectivity index (χ0) is 12.1. The van der Waals surface area contributed by atoms with Crippen LogP contribution in [0.1, 0.15) is 17.7 Å². The largest absolute Gasteiger partial charge is 0.380 e. The first-order valence-electron chi connectivity index (χ1n) is 6.08. The predicted octanol–water partition coefficient (Wildman–Crippen LogP) is 0.731. The molecule has 5 nitrogen and oxygen atoms in total. The van der Waals surface area contributed by atoms with Crippen molar-refractivity contribution in [2.75, 3.05) is 38.2 Å². The second-order valence-electron chi connectivity index (χ2n) is 4.30. The summed E-state index contributed by atoms with van der Waals surface area (Å²) < 4.78 is 5.11. The Morgan fingerprint density at radius 1 is 1.41 bits per heavy atom. The van der Waals surface area contributed by atoms with Crippen LogP contribution in [0.2, 0.25) is 0 Å². The summed E-state index contributed by atoms with van der Waals surface area (Å²) in [4.78, 5) is 11.2. The molecule has 1 N–H and O–H groups in total. The Labute approximate surface area is 102 Å². The Hall–Kier alpha value is -1.20. The third-order valence-corrected chi connectivity index (χ3v) is 2.99. The average molecular weight is 236 g/mol. The fourth-order valence-corrected chi connectivity index (χ4v) is 1.98. The van der Waals surface area contributed by atoms with E-state index in [9.17, 15) is 0 Å². The van der Waals surface area contributed by atoms with Crippen LogP contribution in [0.4, 0.5) is 5.95 Å². The van der Waals surface area contributed by atoms with Gasteiger partial charge >= 0.3 is 0 Å². The molecule has 1 fully saturated rings. The van der Waals surface area contributed by atoms with Gasteiger partial charge in [-0.1, -0.05) is 0 Å². The number of aromatic nitrogens is 2. The maximum atomic E-state index is 5.11. The van der Waals surface area contributed by atoms with Crippen LogP contribution >= 0.6 is 0 Å². The van der Waals surface area contributed by atoms with Crippen LogP contribution in [-0.4, -0.2) is 43.3 Å². The van der Waals surface area contributed by atoms with E-state index in [-0.39, 0.29) is 0 Å². The molecule has 0 radical (unpaired) electrons. The van der Waals surface area contributed by atoms with Gasteiger partial charge in [-0.2, -0.15) is 0 Å². The molecule has 0 aliphatic carbocycles. The Bertz CT molecular complexity index is 362. The first kappa shape index (κ1) is 12.3. The van der Waals surface area contributed by atoms with Crippen LogP contribution < -0.4 is 10.2 Å². The summed E-state index contributed by atoms with van der Waals surface area (Å²) in [6.45, 7) is 6.67. The van der Waals surface area contributed by atoms with Gasteiger partial charge < -0.3 is 15.0 Å². The van der Waals surface area contributed by atoms with Gasteiger partial charge in [-0.05, 0) is 19.9 Å². The molecule has 0 bridgehead atoms. The summed E-state index contributed by atoms with van der Waals surface area (Å²) in [6, 6.07) is 0. The highest BCUT2D eigenvalue weighted by atomic mass is 16.5. The number of nitrogens with one attached hydrogen (secondary N) is 1. The SMILES string of the molecule is COCc1cnc(N2CCCNCC2)nc1C. The van der Waals surface area contributed by atoms with Crippen LogP contribution in [0.5, 0.6) is 0 Å². The van der Waals surface area contributed by atoms with E-state index in [4.69, 9.17) is 4.74 Å². The third kappa shape index (κ3) is 3.14. The van der Waals surface area contributed by atoms with Gasteiger partial charge in [-0.15, -0.1) is 0 Å². The van der Waals surface area contributed by atoms with Crippen molar-refractivity contribution in [3.63, 3.8) is 0 Å². The topological polar surface area (TPSA) is 50.3 Å². The molecule has 0 unspecified atom stereocenters. The van der Waals surface area contributed by atoms with E-state index in [0.717, 1.165) is 49.8 Å². The Kier molecular flexibility index (Phi) is 4.28. The highest BCUT2D eigenvalue weighted by molar-refractivity contribution is 5.33. The molecule has 94 valence electrons. The zero-order valence-corrected chi connectivity index (χ0v) is 10.6. The van der Waals surface area contributed by atoms with Gasteiger partial charge in [0.05, 0.1) is 6.61 Å². The van der Waals surface area contributed by atoms with Gasteiger partial charge in [0.15, 0.2) is 0 Å². The number of anilines is 1. The van der Waals surface area contributed by atoms with E-state index >= 15 is 0 Å². The molecule has 2 heterocycles. The maximum Gasteiger partial charge on any atom is 0.225 e. The van der Waals surface area contributed by atoms with Crippen LogP contribution in [-0.2, 0) is 11.3 Å². The molecule has 17 heavy (non-hydrogen) atoms. The van der Waals surface area contributed by atoms with Crippen molar-refractivity contribution in [2.24, 2.45) is 0 Å². The Morgan fingerprint density at radius 3 is 3.06 bits per heavy atom. The summed E-state index contributed by atoms with van der Waals surface area (Å²) in [6.07, 6.45) is 3.02. The number of hydrogen-bond donors (Lipinski definition) is 1. The van der Waals surface area contributed by atoms with Crippen LogP contribution in [0.25, 0.3) is 0 Å². The minimum atomic E-state index is 0.577. The lowest BCUT2D eigenvalue weighted by atomic mass is 10.2. The molecular weight excluding hydrogens is 216 g/mol. The van der Waals surface area contributed by atoms with E-state index in [0.29, 0.717) is 6.61 Å². The molecule has 0 amide bonds. The molecule has 1 aliphatic heterocycles. The second kappa shape index (κ2) is 5.93. The maximum absolute atomic E-state index is 5.11. The first-order chi connectivity index (χ1) is 8.31. The standard InChI is InChI=1S/C12H20N4O/c1-10-11(9-17-2)8-14-12(15-10)16-6-3-4-13-5-7-16/h8,13H,3-7,9H2,1-2H3.